The minimum Gasteiger partial charge on any atom is -0.482 e. The van der Waals surface area contributed by atoms with E-state index < -0.39 is 0 Å². The molecule has 0 fully saturated rings. The van der Waals surface area contributed by atoms with Gasteiger partial charge in [-0.3, -0.25) is 4.79 Å². The van der Waals surface area contributed by atoms with E-state index in [0.29, 0.717) is 18.0 Å². The van der Waals surface area contributed by atoms with Crippen LogP contribution in [0.5, 0.6) is 5.75 Å². The number of nitrogens with zero attached hydrogens (tertiary/aromatic N) is 1. The molecule has 0 aliphatic carbocycles. The van der Waals surface area contributed by atoms with Gasteiger partial charge in [0.15, 0.2) is 6.61 Å². The number of nitrogens with two attached hydrogens (primary N) is 1. The number of ether oxygens (including phenoxy) is 1. The summed E-state index contributed by atoms with van der Waals surface area (Å²) in [5, 5.41) is 0. The number of anilines is 1. The first-order valence-corrected chi connectivity index (χ1v) is 5.97. The van der Waals surface area contributed by atoms with Crippen molar-refractivity contribution in [1.29, 1.82) is 0 Å². The van der Waals surface area contributed by atoms with E-state index in [2.05, 4.69) is 6.58 Å². The number of amides is 1. The monoisotopic (exact) mass is 248 g/mol. The van der Waals surface area contributed by atoms with Crippen LogP contribution in [0.4, 0.5) is 5.69 Å². The van der Waals surface area contributed by atoms with Crippen LogP contribution in [-0.4, -0.2) is 31.0 Å². The lowest BCUT2D eigenvalue weighted by atomic mass is 10.3. The van der Waals surface area contributed by atoms with E-state index in [-0.39, 0.29) is 12.5 Å². The predicted octanol–water partition coefficient (Wildman–Crippen LogP) is 2.07. The van der Waals surface area contributed by atoms with Crippen LogP contribution in [0.2, 0.25) is 0 Å². The molecule has 18 heavy (non-hydrogen) atoms. The molecule has 0 aliphatic heterocycles. The highest BCUT2D eigenvalue weighted by molar-refractivity contribution is 5.77. The molecule has 98 valence electrons. The molecule has 0 heterocycles. The molecule has 0 unspecified atom stereocenters. The molecule has 0 saturated carbocycles. The summed E-state index contributed by atoms with van der Waals surface area (Å²) in [6.07, 6.45) is 3.67. The molecule has 4 heteroatoms. The molecule has 4 nitrogen and oxygen atoms in total. The number of carbonyl (C=O) groups is 1. The van der Waals surface area contributed by atoms with Crippen LogP contribution in [0.1, 0.15) is 12.8 Å². The smallest absolute Gasteiger partial charge is 0.260 e. The summed E-state index contributed by atoms with van der Waals surface area (Å²) < 4.78 is 5.39. The van der Waals surface area contributed by atoms with E-state index in [4.69, 9.17) is 10.5 Å². The van der Waals surface area contributed by atoms with Crippen molar-refractivity contribution in [2.24, 2.45) is 0 Å². The van der Waals surface area contributed by atoms with Gasteiger partial charge in [-0.15, -0.1) is 6.58 Å². The van der Waals surface area contributed by atoms with Crippen molar-refractivity contribution in [2.75, 3.05) is 25.9 Å². The molecule has 0 aliphatic rings. The minimum absolute atomic E-state index is 0.0127. The van der Waals surface area contributed by atoms with E-state index in [1.807, 2.05) is 18.2 Å². The second-order valence-electron chi connectivity index (χ2n) is 4.07. The molecular formula is C14H20N2O2. The highest BCUT2D eigenvalue weighted by atomic mass is 16.5. The van der Waals surface area contributed by atoms with Crippen molar-refractivity contribution < 1.29 is 9.53 Å². The molecular weight excluding hydrogens is 228 g/mol. The number of rotatable bonds is 7. The van der Waals surface area contributed by atoms with E-state index in [0.717, 1.165) is 12.8 Å². The Hall–Kier alpha value is -1.97. The van der Waals surface area contributed by atoms with Gasteiger partial charge in [0, 0.05) is 13.6 Å². The number of carbonyl (C=O) groups excluding carboxylic acids is 1. The number of para-hydroxylation sites is 2. The normalized spacial score (nSPS) is 9.83. The zero-order chi connectivity index (χ0) is 13.4. The molecule has 0 aromatic heterocycles. The van der Waals surface area contributed by atoms with Crippen LogP contribution in [0.3, 0.4) is 0 Å². The number of hydrogen-bond acceptors (Lipinski definition) is 3. The molecule has 2 N–H and O–H groups in total. The number of allylic oxidation sites excluding steroid dienone is 1. The maximum Gasteiger partial charge on any atom is 0.260 e. The number of likely N-dealkylation sites (N-methyl/N-ethyl adjacent to an activating group) is 1. The zero-order valence-corrected chi connectivity index (χ0v) is 10.8. The fourth-order valence-corrected chi connectivity index (χ4v) is 1.46. The average Bonchev–Trinajstić information content (AvgIpc) is 2.37. The standard InChI is InChI=1S/C14H20N2O2/c1-3-4-7-10-16(2)14(17)11-18-13-9-6-5-8-12(13)15/h3,5-6,8-9H,1,4,7,10-11,15H2,2H3. The summed E-state index contributed by atoms with van der Waals surface area (Å²) >= 11 is 0. The average molecular weight is 248 g/mol. The molecule has 0 atom stereocenters. The third kappa shape index (κ3) is 4.49. The number of benzene rings is 1. The Kier molecular flexibility index (Phi) is 5.77. The quantitative estimate of drug-likeness (QED) is 0.456. The molecule has 0 spiro atoms. The first-order valence-electron chi connectivity index (χ1n) is 5.97. The van der Waals surface area contributed by atoms with Gasteiger partial charge in [0.1, 0.15) is 5.75 Å². The Morgan fingerprint density at radius 2 is 2.22 bits per heavy atom. The summed E-state index contributed by atoms with van der Waals surface area (Å²) in [7, 11) is 1.77. The van der Waals surface area contributed by atoms with E-state index in [1.54, 1.807) is 24.1 Å². The van der Waals surface area contributed by atoms with Gasteiger partial charge in [-0.05, 0) is 25.0 Å². The largest absolute Gasteiger partial charge is 0.482 e. The van der Waals surface area contributed by atoms with Crippen molar-refractivity contribution >= 4 is 11.6 Å². The number of unbranched alkanes of at least 4 members (excludes halogenated alkanes) is 1. The van der Waals surface area contributed by atoms with Crippen LogP contribution in [0.15, 0.2) is 36.9 Å². The molecule has 0 bridgehead atoms. The van der Waals surface area contributed by atoms with Gasteiger partial charge in [0.25, 0.3) is 5.91 Å². The molecule has 1 rings (SSSR count). The van der Waals surface area contributed by atoms with Crippen molar-refractivity contribution in [1.82, 2.24) is 4.90 Å². The molecule has 0 radical (unpaired) electrons. The van der Waals surface area contributed by atoms with Gasteiger partial charge in [-0.2, -0.15) is 0 Å². The molecule has 1 aromatic rings. The topological polar surface area (TPSA) is 55.6 Å². The van der Waals surface area contributed by atoms with Crippen molar-refractivity contribution in [3.63, 3.8) is 0 Å². The zero-order valence-electron chi connectivity index (χ0n) is 10.8. The van der Waals surface area contributed by atoms with Crippen LogP contribution in [0, 0.1) is 0 Å². The first-order chi connectivity index (χ1) is 8.65. The lowest BCUT2D eigenvalue weighted by molar-refractivity contribution is -0.132. The van der Waals surface area contributed by atoms with Crippen LogP contribution in [-0.2, 0) is 4.79 Å². The van der Waals surface area contributed by atoms with Gasteiger partial charge in [0.2, 0.25) is 0 Å². The summed E-state index contributed by atoms with van der Waals surface area (Å²) in [4.78, 5) is 13.4. The van der Waals surface area contributed by atoms with Crippen molar-refractivity contribution in [2.45, 2.75) is 12.8 Å². The molecule has 1 aromatic carbocycles. The Morgan fingerprint density at radius 1 is 1.50 bits per heavy atom. The lowest BCUT2D eigenvalue weighted by Gasteiger charge is -2.17. The van der Waals surface area contributed by atoms with E-state index in [1.165, 1.54) is 0 Å². The fourth-order valence-electron chi connectivity index (χ4n) is 1.46. The van der Waals surface area contributed by atoms with Gasteiger partial charge in [0.05, 0.1) is 5.69 Å². The maximum absolute atomic E-state index is 11.8. The van der Waals surface area contributed by atoms with Crippen molar-refractivity contribution in [3.8, 4) is 5.75 Å². The molecule has 1 amide bonds. The third-order valence-corrected chi connectivity index (χ3v) is 2.60. The van der Waals surface area contributed by atoms with E-state index >= 15 is 0 Å². The SMILES string of the molecule is C=CCCCN(C)C(=O)COc1ccccc1N. The molecule has 0 saturated heterocycles. The van der Waals surface area contributed by atoms with Crippen molar-refractivity contribution in [3.05, 3.63) is 36.9 Å². The first kappa shape index (κ1) is 14.1. The summed E-state index contributed by atoms with van der Waals surface area (Å²) in [6.45, 7) is 4.37. The summed E-state index contributed by atoms with van der Waals surface area (Å²) in [5.41, 5.74) is 6.26. The van der Waals surface area contributed by atoms with Gasteiger partial charge >= 0.3 is 0 Å². The highest BCUT2D eigenvalue weighted by Gasteiger charge is 2.09. The van der Waals surface area contributed by atoms with Crippen LogP contribution in [0.25, 0.3) is 0 Å². The Bertz CT molecular complexity index is 405. The number of hydrogen-bond donors (Lipinski definition) is 1. The van der Waals surface area contributed by atoms with Gasteiger partial charge in [-0.1, -0.05) is 18.2 Å². The van der Waals surface area contributed by atoms with Crippen LogP contribution < -0.4 is 10.5 Å². The predicted molar refractivity (Wildman–Crippen MR) is 73.4 cm³/mol. The second kappa shape index (κ2) is 7.37. The fraction of sp³-hybridized carbons (Fsp3) is 0.357. The Balaban J connectivity index is 2.36. The minimum atomic E-state index is -0.0534. The Morgan fingerprint density at radius 3 is 2.89 bits per heavy atom. The highest BCUT2D eigenvalue weighted by Crippen LogP contribution is 2.19. The third-order valence-electron chi connectivity index (χ3n) is 2.60. The summed E-state index contributed by atoms with van der Waals surface area (Å²) in [6, 6.07) is 7.14. The van der Waals surface area contributed by atoms with Crippen LogP contribution >= 0.6 is 0 Å². The van der Waals surface area contributed by atoms with Gasteiger partial charge < -0.3 is 15.4 Å². The Labute approximate surface area is 108 Å². The number of nitrogen functional groups attached to an aromatic ring is 1. The second-order valence-corrected chi connectivity index (χ2v) is 4.07. The van der Waals surface area contributed by atoms with Gasteiger partial charge in [-0.25, -0.2) is 0 Å². The summed E-state index contributed by atoms with van der Waals surface area (Å²) in [5.74, 6) is 0.493. The van der Waals surface area contributed by atoms with E-state index in [9.17, 15) is 4.79 Å². The maximum atomic E-state index is 11.8. The lowest BCUT2D eigenvalue weighted by Crippen LogP contribution is -2.32.